The fraction of sp³-hybridized carbons (Fsp3) is 0.176. The van der Waals surface area contributed by atoms with Crippen LogP contribution >= 0.6 is 11.3 Å². The van der Waals surface area contributed by atoms with E-state index in [1.165, 1.54) is 18.4 Å². The molecule has 1 aromatic heterocycles. The van der Waals surface area contributed by atoms with Gasteiger partial charge in [-0.3, -0.25) is 10.1 Å². The molecule has 5 nitrogen and oxygen atoms in total. The highest BCUT2D eigenvalue weighted by molar-refractivity contribution is 7.22. The molecular formula is C17H16N2O3S. The van der Waals surface area contributed by atoms with Gasteiger partial charge in [-0.2, -0.15) is 0 Å². The molecule has 6 heteroatoms. The predicted octanol–water partition coefficient (Wildman–Crippen LogP) is 3.87. The Kier molecular flexibility index (Phi) is 4.16. The molecule has 0 atom stereocenters. The molecular weight excluding hydrogens is 312 g/mol. The van der Waals surface area contributed by atoms with Crippen LogP contribution in [-0.4, -0.2) is 25.1 Å². The highest BCUT2D eigenvalue weighted by atomic mass is 32.1. The molecule has 1 amide bonds. The summed E-state index contributed by atoms with van der Waals surface area (Å²) < 4.78 is 11.6. The number of carbonyl (C=O) groups excluding carboxylic acids is 1. The lowest BCUT2D eigenvalue weighted by Crippen LogP contribution is -2.12. The molecule has 0 spiro atoms. The molecule has 0 bridgehead atoms. The Bertz CT molecular complexity index is 873. The van der Waals surface area contributed by atoms with Crippen molar-refractivity contribution in [2.45, 2.75) is 6.92 Å². The summed E-state index contributed by atoms with van der Waals surface area (Å²) in [7, 11) is 3.15. The van der Waals surface area contributed by atoms with E-state index in [-0.39, 0.29) is 5.91 Å². The third-order valence-electron chi connectivity index (χ3n) is 3.50. The van der Waals surface area contributed by atoms with Gasteiger partial charge in [0.25, 0.3) is 5.91 Å². The maximum atomic E-state index is 12.5. The van der Waals surface area contributed by atoms with Crippen molar-refractivity contribution in [3.8, 4) is 11.5 Å². The van der Waals surface area contributed by atoms with Crippen LogP contribution in [0.1, 0.15) is 15.9 Å². The van der Waals surface area contributed by atoms with E-state index >= 15 is 0 Å². The van der Waals surface area contributed by atoms with Gasteiger partial charge in [0.15, 0.2) is 5.13 Å². The minimum atomic E-state index is -0.252. The number of aryl methyl sites for hydroxylation is 1. The van der Waals surface area contributed by atoms with Gasteiger partial charge in [-0.1, -0.05) is 29.5 Å². The standard InChI is InChI=1S/C17H16N2O3S/c1-10-8-9-13(22-3)14-15(10)23-17(18-14)19-16(20)11-6-4-5-7-12(11)21-2/h4-9H,1-3H3,(H,18,19,20). The first kappa shape index (κ1) is 15.3. The van der Waals surface area contributed by atoms with Gasteiger partial charge in [0, 0.05) is 0 Å². The molecule has 0 unspecified atom stereocenters. The molecule has 0 aliphatic carbocycles. The number of nitrogens with one attached hydrogen (secondary N) is 1. The number of ether oxygens (including phenoxy) is 2. The van der Waals surface area contributed by atoms with Crippen molar-refractivity contribution < 1.29 is 14.3 Å². The zero-order valence-electron chi connectivity index (χ0n) is 13.0. The van der Waals surface area contributed by atoms with Crippen LogP contribution < -0.4 is 14.8 Å². The van der Waals surface area contributed by atoms with Crippen LogP contribution in [0.3, 0.4) is 0 Å². The Morgan fingerprint density at radius 2 is 1.83 bits per heavy atom. The highest BCUT2D eigenvalue weighted by Crippen LogP contribution is 2.35. The van der Waals surface area contributed by atoms with Crippen LogP contribution in [0.25, 0.3) is 10.2 Å². The van der Waals surface area contributed by atoms with Gasteiger partial charge in [-0.15, -0.1) is 0 Å². The molecule has 3 rings (SSSR count). The van der Waals surface area contributed by atoms with Gasteiger partial charge in [0.2, 0.25) is 0 Å². The molecule has 1 N–H and O–H groups in total. The molecule has 1 heterocycles. The Labute approximate surface area is 137 Å². The lowest BCUT2D eigenvalue weighted by atomic mass is 10.2. The lowest BCUT2D eigenvalue weighted by Gasteiger charge is -2.06. The van der Waals surface area contributed by atoms with E-state index in [2.05, 4.69) is 10.3 Å². The van der Waals surface area contributed by atoms with Gasteiger partial charge in [0.05, 0.1) is 24.5 Å². The molecule has 0 radical (unpaired) electrons. The highest BCUT2D eigenvalue weighted by Gasteiger charge is 2.16. The maximum absolute atomic E-state index is 12.5. The average Bonchev–Trinajstić information content (AvgIpc) is 2.99. The smallest absolute Gasteiger partial charge is 0.261 e. The summed E-state index contributed by atoms with van der Waals surface area (Å²) in [5, 5.41) is 3.36. The van der Waals surface area contributed by atoms with Gasteiger partial charge in [-0.25, -0.2) is 4.98 Å². The largest absolute Gasteiger partial charge is 0.496 e. The third-order valence-corrected chi connectivity index (χ3v) is 4.60. The monoisotopic (exact) mass is 328 g/mol. The number of fused-ring (bicyclic) bond motifs is 1. The maximum Gasteiger partial charge on any atom is 0.261 e. The van der Waals surface area contributed by atoms with Crippen LogP contribution in [0.5, 0.6) is 11.5 Å². The van der Waals surface area contributed by atoms with Gasteiger partial charge in [-0.05, 0) is 30.7 Å². The number of methoxy groups -OCH3 is 2. The summed E-state index contributed by atoms with van der Waals surface area (Å²) in [6, 6.07) is 10.9. The molecule has 118 valence electrons. The number of para-hydroxylation sites is 1. The van der Waals surface area contributed by atoms with Crippen LogP contribution in [0.4, 0.5) is 5.13 Å². The fourth-order valence-electron chi connectivity index (χ4n) is 2.32. The summed E-state index contributed by atoms with van der Waals surface area (Å²) in [4.78, 5) is 16.9. The number of carbonyl (C=O) groups is 1. The number of rotatable bonds is 4. The van der Waals surface area contributed by atoms with E-state index in [0.717, 1.165) is 15.8 Å². The number of thiazole rings is 1. The summed E-state index contributed by atoms with van der Waals surface area (Å²) in [5.41, 5.74) is 2.32. The summed E-state index contributed by atoms with van der Waals surface area (Å²) >= 11 is 1.43. The molecule has 0 saturated carbocycles. The van der Waals surface area contributed by atoms with Crippen molar-refractivity contribution in [2.75, 3.05) is 19.5 Å². The average molecular weight is 328 g/mol. The Hall–Kier alpha value is -2.60. The molecule has 0 saturated heterocycles. The molecule has 0 aliphatic heterocycles. The lowest BCUT2D eigenvalue weighted by molar-refractivity contribution is 0.102. The summed E-state index contributed by atoms with van der Waals surface area (Å²) in [6.45, 7) is 2.01. The first-order valence-corrected chi connectivity index (χ1v) is 7.84. The first-order valence-electron chi connectivity index (χ1n) is 7.02. The van der Waals surface area contributed by atoms with Gasteiger partial charge >= 0.3 is 0 Å². The molecule has 0 aliphatic rings. The second kappa shape index (κ2) is 6.26. The zero-order valence-corrected chi connectivity index (χ0v) is 13.9. The number of nitrogens with zero attached hydrogens (tertiary/aromatic N) is 1. The minimum Gasteiger partial charge on any atom is -0.496 e. The fourth-order valence-corrected chi connectivity index (χ4v) is 3.27. The van der Waals surface area contributed by atoms with Crippen LogP contribution in [0.15, 0.2) is 36.4 Å². The SMILES string of the molecule is COc1ccccc1C(=O)Nc1nc2c(OC)ccc(C)c2s1. The van der Waals surface area contributed by atoms with E-state index in [1.807, 2.05) is 25.1 Å². The van der Waals surface area contributed by atoms with Crippen molar-refractivity contribution in [3.63, 3.8) is 0 Å². The van der Waals surface area contributed by atoms with E-state index in [4.69, 9.17) is 9.47 Å². The van der Waals surface area contributed by atoms with Crippen molar-refractivity contribution in [3.05, 3.63) is 47.5 Å². The molecule has 3 aromatic rings. The summed E-state index contributed by atoms with van der Waals surface area (Å²) in [6.07, 6.45) is 0. The number of hydrogen-bond acceptors (Lipinski definition) is 5. The normalized spacial score (nSPS) is 10.6. The van der Waals surface area contributed by atoms with Gasteiger partial charge in [0.1, 0.15) is 17.0 Å². The number of aromatic nitrogens is 1. The van der Waals surface area contributed by atoms with E-state index < -0.39 is 0 Å². The number of anilines is 1. The van der Waals surface area contributed by atoms with E-state index in [0.29, 0.717) is 22.2 Å². The third kappa shape index (κ3) is 2.85. The van der Waals surface area contributed by atoms with E-state index in [1.54, 1.807) is 25.3 Å². The zero-order chi connectivity index (χ0) is 16.4. The Morgan fingerprint density at radius 1 is 1.09 bits per heavy atom. The number of benzene rings is 2. The number of hydrogen-bond donors (Lipinski definition) is 1. The van der Waals surface area contributed by atoms with Crippen molar-refractivity contribution in [1.82, 2.24) is 4.98 Å². The molecule has 0 fully saturated rings. The van der Waals surface area contributed by atoms with Crippen LogP contribution in [0.2, 0.25) is 0 Å². The van der Waals surface area contributed by atoms with Crippen LogP contribution in [0, 0.1) is 6.92 Å². The molecule has 23 heavy (non-hydrogen) atoms. The van der Waals surface area contributed by atoms with Gasteiger partial charge < -0.3 is 9.47 Å². The minimum absolute atomic E-state index is 0.252. The van der Waals surface area contributed by atoms with Crippen molar-refractivity contribution in [2.24, 2.45) is 0 Å². The second-order valence-corrected chi connectivity index (χ2v) is 5.93. The molecule has 2 aromatic carbocycles. The Balaban J connectivity index is 1.95. The Morgan fingerprint density at radius 3 is 2.57 bits per heavy atom. The number of amides is 1. The van der Waals surface area contributed by atoms with Crippen LogP contribution in [-0.2, 0) is 0 Å². The van der Waals surface area contributed by atoms with E-state index in [9.17, 15) is 4.79 Å². The first-order chi connectivity index (χ1) is 11.1. The topological polar surface area (TPSA) is 60.5 Å². The predicted molar refractivity (Wildman–Crippen MR) is 91.9 cm³/mol. The second-order valence-electron chi connectivity index (χ2n) is 4.94. The van der Waals surface area contributed by atoms with Crippen molar-refractivity contribution in [1.29, 1.82) is 0 Å². The summed E-state index contributed by atoms with van der Waals surface area (Å²) in [5.74, 6) is 0.970. The van der Waals surface area contributed by atoms with Crippen molar-refractivity contribution >= 4 is 32.6 Å². The quantitative estimate of drug-likeness (QED) is 0.790.